The van der Waals surface area contributed by atoms with Crippen LogP contribution >= 0.6 is 23.2 Å². The van der Waals surface area contributed by atoms with Crippen LogP contribution in [0.25, 0.3) is 11.5 Å². The molecule has 0 spiro atoms. The lowest BCUT2D eigenvalue weighted by Crippen LogP contribution is -2.14. The Labute approximate surface area is 150 Å². The predicted molar refractivity (Wildman–Crippen MR) is 90.8 cm³/mol. The van der Waals surface area contributed by atoms with E-state index >= 15 is 0 Å². The van der Waals surface area contributed by atoms with Gasteiger partial charge in [-0.3, -0.25) is 20.2 Å². The number of halogens is 2. The summed E-state index contributed by atoms with van der Waals surface area (Å²) in [5.41, 5.74) is -0.0259. The first-order valence-electron chi connectivity index (χ1n) is 6.79. The second-order valence-corrected chi connectivity index (χ2v) is 5.61. The lowest BCUT2D eigenvalue weighted by molar-refractivity contribution is -0.385. The number of para-hydroxylation sites is 1. The Morgan fingerprint density at radius 3 is 2.64 bits per heavy atom. The number of amides is 1. The van der Waals surface area contributed by atoms with Gasteiger partial charge in [-0.05, 0) is 24.3 Å². The van der Waals surface area contributed by atoms with Crippen molar-refractivity contribution in [3.63, 3.8) is 0 Å². The summed E-state index contributed by atoms with van der Waals surface area (Å²) >= 11 is 11.9. The summed E-state index contributed by atoms with van der Waals surface area (Å²) in [6, 6.07) is 9.99. The first kappa shape index (κ1) is 16.9. The van der Waals surface area contributed by atoms with E-state index in [1.807, 2.05) is 0 Å². The predicted octanol–water partition coefficient (Wildman–Crippen LogP) is 4.20. The molecule has 1 N–H and O–H groups in total. The van der Waals surface area contributed by atoms with Gasteiger partial charge in [0.25, 0.3) is 17.5 Å². The molecule has 10 heteroatoms. The molecule has 1 heterocycles. The molecule has 0 aliphatic carbocycles. The number of nitro benzene ring substituents is 1. The van der Waals surface area contributed by atoms with E-state index in [-0.39, 0.29) is 23.2 Å². The maximum atomic E-state index is 12.2. The first-order chi connectivity index (χ1) is 12.0. The molecule has 25 heavy (non-hydrogen) atoms. The number of nitrogens with zero attached hydrogens (tertiary/aromatic N) is 3. The molecule has 0 fully saturated rings. The number of anilines is 1. The van der Waals surface area contributed by atoms with Gasteiger partial charge in [-0.25, -0.2) is 0 Å². The Hall–Kier alpha value is -2.97. The fourth-order valence-electron chi connectivity index (χ4n) is 2.03. The summed E-state index contributed by atoms with van der Waals surface area (Å²) in [5, 5.41) is 21.5. The molecule has 8 nitrogen and oxygen atoms in total. The number of nitrogens with one attached hydrogen (secondary N) is 1. The van der Waals surface area contributed by atoms with Crippen molar-refractivity contribution in [2.75, 3.05) is 5.32 Å². The summed E-state index contributed by atoms with van der Waals surface area (Å²) in [7, 11) is 0. The van der Waals surface area contributed by atoms with E-state index in [1.54, 1.807) is 12.1 Å². The molecule has 0 aliphatic heterocycles. The lowest BCUT2D eigenvalue weighted by atomic mass is 10.1. The topological polar surface area (TPSA) is 111 Å². The minimum Gasteiger partial charge on any atom is -0.403 e. The number of carbonyl (C=O) groups excluding carboxylic acids is 1. The summed E-state index contributed by atoms with van der Waals surface area (Å²) in [4.78, 5) is 22.5. The van der Waals surface area contributed by atoms with E-state index in [4.69, 9.17) is 27.6 Å². The highest BCUT2D eigenvalue weighted by atomic mass is 35.5. The minimum absolute atomic E-state index is 0.0690. The van der Waals surface area contributed by atoms with Crippen molar-refractivity contribution in [3.8, 4) is 11.5 Å². The Morgan fingerprint density at radius 2 is 1.92 bits per heavy atom. The summed E-state index contributed by atoms with van der Waals surface area (Å²) in [6.45, 7) is 0. The van der Waals surface area contributed by atoms with Crippen LogP contribution < -0.4 is 5.32 Å². The molecule has 0 bridgehead atoms. The number of aromatic nitrogens is 2. The third kappa shape index (κ3) is 3.59. The largest absolute Gasteiger partial charge is 0.403 e. The highest BCUT2D eigenvalue weighted by Crippen LogP contribution is 2.30. The van der Waals surface area contributed by atoms with Crippen molar-refractivity contribution in [1.29, 1.82) is 0 Å². The molecular formula is C15H8Cl2N4O4. The van der Waals surface area contributed by atoms with Gasteiger partial charge in [-0.2, -0.15) is 0 Å². The maximum Gasteiger partial charge on any atom is 0.322 e. The van der Waals surface area contributed by atoms with Gasteiger partial charge in [0.15, 0.2) is 0 Å². The van der Waals surface area contributed by atoms with Crippen LogP contribution in [-0.4, -0.2) is 21.0 Å². The van der Waals surface area contributed by atoms with Gasteiger partial charge in [0.2, 0.25) is 0 Å². The van der Waals surface area contributed by atoms with E-state index in [2.05, 4.69) is 15.5 Å². The standard InChI is InChI=1S/C15H8Cl2N4O4/c16-8-5-6-9(11(17)7-8)14-19-20-15(25-14)18-13(22)10-3-1-2-4-12(10)21(23)24/h1-7H,(H,18,20,22). The monoisotopic (exact) mass is 378 g/mol. The van der Waals surface area contributed by atoms with Crippen LogP contribution in [0, 0.1) is 10.1 Å². The van der Waals surface area contributed by atoms with Crippen LogP contribution in [0.4, 0.5) is 11.7 Å². The van der Waals surface area contributed by atoms with Crippen LogP contribution in [0.3, 0.4) is 0 Å². The highest BCUT2D eigenvalue weighted by molar-refractivity contribution is 6.36. The van der Waals surface area contributed by atoms with Crippen LogP contribution in [0.2, 0.25) is 10.0 Å². The van der Waals surface area contributed by atoms with Crippen LogP contribution in [0.1, 0.15) is 10.4 Å². The summed E-state index contributed by atoms with van der Waals surface area (Å²) in [5.74, 6) is -0.677. The van der Waals surface area contributed by atoms with Gasteiger partial charge in [0.05, 0.1) is 15.5 Å². The lowest BCUT2D eigenvalue weighted by Gasteiger charge is -2.02. The van der Waals surface area contributed by atoms with Gasteiger partial charge in [-0.1, -0.05) is 40.4 Å². The second kappa shape index (κ2) is 6.88. The molecule has 0 radical (unpaired) electrons. The number of hydrogen-bond donors (Lipinski definition) is 1. The third-order valence-electron chi connectivity index (χ3n) is 3.15. The molecule has 0 unspecified atom stereocenters. The Balaban J connectivity index is 1.84. The fourth-order valence-corrected chi connectivity index (χ4v) is 2.52. The number of rotatable bonds is 4. The molecule has 3 rings (SSSR count). The zero-order chi connectivity index (χ0) is 18.0. The SMILES string of the molecule is O=C(Nc1nnc(-c2ccc(Cl)cc2Cl)o1)c1ccccc1[N+](=O)[O-]. The van der Waals surface area contributed by atoms with E-state index < -0.39 is 10.8 Å². The highest BCUT2D eigenvalue weighted by Gasteiger charge is 2.21. The quantitative estimate of drug-likeness (QED) is 0.537. The van der Waals surface area contributed by atoms with Crippen molar-refractivity contribution < 1.29 is 14.1 Å². The Bertz CT molecular complexity index is 974. The summed E-state index contributed by atoms with van der Waals surface area (Å²) in [6.07, 6.45) is 0. The Kier molecular flexibility index (Phi) is 4.64. The number of benzene rings is 2. The fraction of sp³-hybridized carbons (Fsp3) is 0. The zero-order valence-electron chi connectivity index (χ0n) is 12.3. The smallest absolute Gasteiger partial charge is 0.322 e. The molecule has 3 aromatic rings. The molecule has 0 saturated carbocycles. The van der Waals surface area contributed by atoms with Crippen molar-refractivity contribution >= 4 is 40.8 Å². The second-order valence-electron chi connectivity index (χ2n) is 4.76. The molecule has 0 atom stereocenters. The van der Waals surface area contributed by atoms with E-state index in [0.717, 1.165) is 0 Å². The number of carbonyl (C=O) groups is 1. The van der Waals surface area contributed by atoms with Crippen LogP contribution in [0.5, 0.6) is 0 Å². The van der Waals surface area contributed by atoms with Crippen LogP contribution in [-0.2, 0) is 0 Å². The average Bonchev–Trinajstić information content (AvgIpc) is 3.02. The number of hydrogen-bond acceptors (Lipinski definition) is 6. The zero-order valence-corrected chi connectivity index (χ0v) is 13.8. The normalized spacial score (nSPS) is 10.5. The minimum atomic E-state index is -0.746. The molecule has 126 valence electrons. The van der Waals surface area contributed by atoms with E-state index in [9.17, 15) is 14.9 Å². The van der Waals surface area contributed by atoms with Crippen LogP contribution in [0.15, 0.2) is 46.9 Å². The molecule has 0 aliphatic rings. The van der Waals surface area contributed by atoms with Gasteiger partial charge in [-0.15, -0.1) is 5.10 Å². The Morgan fingerprint density at radius 1 is 1.16 bits per heavy atom. The van der Waals surface area contributed by atoms with Gasteiger partial charge in [0, 0.05) is 11.1 Å². The third-order valence-corrected chi connectivity index (χ3v) is 3.70. The maximum absolute atomic E-state index is 12.2. The summed E-state index contributed by atoms with van der Waals surface area (Å²) < 4.78 is 5.33. The van der Waals surface area contributed by atoms with E-state index in [1.165, 1.54) is 30.3 Å². The molecule has 1 amide bonds. The van der Waals surface area contributed by atoms with Crippen molar-refractivity contribution in [3.05, 3.63) is 68.2 Å². The van der Waals surface area contributed by atoms with Crippen molar-refractivity contribution in [2.45, 2.75) is 0 Å². The molecule has 0 saturated heterocycles. The van der Waals surface area contributed by atoms with E-state index in [0.29, 0.717) is 15.6 Å². The number of nitro groups is 1. The van der Waals surface area contributed by atoms with Gasteiger partial charge < -0.3 is 4.42 Å². The molecule has 2 aromatic carbocycles. The van der Waals surface area contributed by atoms with Crippen molar-refractivity contribution in [2.24, 2.45) is 0 Å². The average molecular weight is 379 g/mol. The van der Waals surface area contributed by atoms with Gasteiger partial charge in [0.1, 0.15) is 5.56 Å². The molecule has 1 aromatic heterocycles. The van der Waals surface area contributed by atoms with Crippen molar-refractivity contribution in [1.82, 2.24) is 10.2 Å². The van der Waals surface area contributed by atoms with Gasteiger partial charge >= 0.3 is 6.01 Å². The first-order valence-corrected chi connectivity index (χ1v) is 7.55. The molecular weight excluding hydrogens is 371 g/mol.